The van der Waals surface area contributed by atoms with Crippen molar-refractivity contribution in [3.63, 3.8) is 0 Å². The average Bonchev–Trinajstić information content (AvgIpc) is 2.43. The Hall–Kier alpha value is -1.31. The smallest absolute Gasteiger partial charge is 0.227 e. The molecule has 2 unspecified atom stereocenters. The Morgan fingerprint density at radius 3 is 2.36 bits per heavy atom. The predicted molar refractivity (Wildman–Crippen MR) is 57.2 cm³/mol. The summed E-state index contributed by atoms with van der Waals surface area (Å²) in [6.07, 6.45) is 0.677. The Labute approximate surface area is 84.5 Å². The van der Waals surface area contributed by atoms with Gasteiger partial charge in [-0.3, -0.25) is 4.79 Å². The van der Waals surface area contributed by atoms with Crippen LogP contribution in [0.1, 0.15) is 20.3 Å². The van der Waals surface area contributed by atoms with Crippen molar-refractivity contribution in [2.24, 2.45) is 5.92 Å². The summed E-state index contributed by atoms with van der Waals surface area (Å²) in [6, 6.07) is 10.2. The number of carbonyl (C=O) groups is 1. The predicted octanol–water partition coefficient (Wildman–Crippen LogP) is 2.45. The largest absolute Gasteiger partial charge is 0.309 e. The van der Waals surface area contributed by atoms with Crippen LogP contribution in [0.2, 0.25) is 0 Å². The van der Waals surface area contributed by atoms with E-state index in [2.05, 4.69) is 13.8 Å². The lowest BCUT2D eigenvalue weighted by atomic mass is 10.1. The third kappa shape index (κ3) is 1.41. The van der Waals surface area contributed by atoms with Gasteiger partial charge in [-0.25, -0.2) is 0 Å². The van der Waals surface area contributed by atoms with Crippen LogP contribution in [0.4, 0.5) is 5.69 Å². The van der Waals surface area contributed by atoms with E-state index in [-0.39, 0.29) is 5.91 Å². The minimum atomic E-state index is 0.246. The molecule has 0 bridgehead atoms. The lowest BCUT2D eigenvalue weighted by Crippen LogP contribution is -2.32. The molecule has 1 aliphatic heterocycles. The van der Waals surface area contributed by atoms with Crippen molar-refractivity contribution in [2.45, 2.75) is 26.3 Å². The molecule has 1 saturated heterocycles. The minimum Gasteiger partial charge on any atom is -0.309 e. The Kier molecular flexibility index (Phi) is 2.28. The molecule has 1 aromatic rings. The zero-order chi connectivity index (χ0) is 10.1. The lowest BCUT2D eigenvalue weighted by molar-refractivity contribution is -0.117. The molecular weight excluding hydrogens is 174 g/mol. The molecule has 1 aromatic carbocycles. The Morgan fingerprint density at radius 1 is 1.21 bits per heavy atom. The van der Waals surface area contributed by atoms with E-state index in [0.29, 0.717) is 18.4 Å². The minimum absolute atomic E-state index is 0.246. The van der Waals surface area contributed by atoms with Crippen LogP contribution in [0.15, 0.2) is 30.3 Å². The number of hydrogen-bond acceptors (Lipinski definition) is 1. The zero-order valence-corrected chi connectivity index (χ0v) is 8.60. The zero-order valence-electron chi connectivity index (χ0n) is 8.60. The normalized spacial score (nSPS) is 27.0. The molecule has 0 aromatic heterocycles. The quantitative estimate of drug-likeness (QED) is 0.664. The first kappa shape index (κ1) is 9.25. The van der Waals surface area contributed by atoms with Crippen molar-refractivity contribution >= 4 is 11.6 Å². The van der Waals surface area contributed by atoms with Gasteiger partial charge in [-0.15, -0.1) is 0 Å². The monoisotopic (exact) mass is 189 g/mol. The highest BCUT2D eigenvalue weighted by Crippen LogP contribution is 2.29. The van der Waals surface area contributed by atoms with Crippen LogP contribution >= 0.6 is 0 Å². The molecule has 0 spiro atoms. The standard InChI is InChI=1S/C12H15NO/c1-9-8-12(14)13(10(9)2)11-6-4-3-5-7-11/h3-7,9-10H,8H2,1-2H3. The molecule has 74 valence electrons. The molecule has 1 fully saturated rings. The summed E-state index contributed by atoms with van der Waals surface area (Å²) in [5, 5.41) is 0. The van der Waals surface area contributed by atoms with Gasteiger partial charge in [0, 0.05) is 18.2 Å². The molecule has 0 aliphatic carbocycles. The molecular formula is C12H15NO. The summed E-state index contributed by atoms with van der Waals surface area (Å²) in [5.74, 6) is 0.707. The molecule has 0 radical (unpaired) electrons. The lowest BCUT2D eigenvalue weighted by Gasteiger charge is -2.23. The summed E-state index contributed by atoms with van der Waals surface area (Å²) >= 11 is 0. The number of anilines is 1. The van der Waals surface area contributed by atoms with Crippen molar-refractivity contribution in [1.29, 1.82) is 0 Å². The molecule has 14 heavy (non-hydrogen) atoms. The third-order valence-electron chi connectivity index (χ3n) is 3.03. The van der Waals surface area contributed by atoms with E-state index in [1.54, 1.807) is 0 Å². The van der Waals surface area contributed by atoms with Crippen LogP contribution in [0.3, 0.4) is 0 Å². The molecule has 1 amide bonds. The van der Waals surface area contributed by atoms with Crippen LogP contribution in [-0.2, 0) is 4.79 Å². The van der Waals surface area contributed by atoms with E-state index in [1.807, 2.05) is 35.2 Å². The van der Waals surface area contributed by atoms with E-state index in [0.717, 1.165) is 5.69 Å². The summed E-state index contributed by atoms with van der Waals surface area (Å²) in [4.78, 5) is 13.6. The van der Waals surface area contributed by atoms with E-state index >= 15 is 0 Å². The maximum atomic E-state index is 11.7. The van der Waals surface area contributed by atoms with Crippen LogP contribution in [0.5, 0.6) is 0 Å². The Balaban J connectivity index is 2.31. The molecule has 2 nitrogen and oxygen atoms in total. The fraction of sp³-hybridized carbons (Fsp3) is 0.417. The first-order valence-corrected chi connectivity index (χ1v) is 5.07. The van der Waals surface area contributed by atoms with Gasteiger partial charge in [0.1, 0.15) is 0 Å². The van der Waals surface area contributed by atoms with Crippen LogP contribution in [-0.4, -0.2) is 11.9 Å². The summed E-state index contributed by atoms with van der Waals surface area (Å²) < 4.78 is 0. The third-order valence-corrected chi connectivity index (χ3v) is 3.03. The molecule has 1 heterocycles. The van der Waals surface area contributed by atoms with E-state index in [9.17, 15) is 4.79 Å². The van der Waals surface area contributed by atoms with Crippen molar-refractivity contribution in [3.05, 3.63) is 30.3 Å². The van der Waals surface area contributed by atoms with Gasteiger partial charge >= 0.3 is 0 Å². The van der Waals surface area contributed by atoms with Gasteiger partial charge < -0.3 is 4.90 Å². The number of rotatable bonds is 1. The van der Waals surface area contributed by atoms with Crippen LogP contribution in [0, 0.1) is 5.92 Å². The molecule has 2 heteroatoms. The number of benzene rings is 1. The molecule has 0 N–H and O–H groups in total. The Morgan fingerprint density at radius 2 is 1.86 bits per heavy atom. The highest BCUT2D eigenvalue weighted by atomic mass is 16.2. The SMILES string of the molecule is CC1CC(=O)N(c2ccccc2)C1C. The second kappa shape index (κ2) is 3.45. The molecule has 2 rings (SSSR count). The van der Waals surface area contributed by atoms with E-state index in [4.69, 9.17) is 0 Å². The fourth-order valence-electron chi connectivity index (χ4n) is 1.99. The molecule has 0 saturated carbocycles. The first-order chi connectivity index (χ1) is 6.70. The van der Waals surface area contributed by atoms with Gasteiger partial charge in [0.15, 0.2) is 0 Å². The number of para-hydroxylation sites is 1. The van der Waals surface area contributed by atoms with Gasteiger partial charge in [0.25, 0.3) is 0 Å². The number of nitrogens with zero attached hydrogens (tertiary/aromatic N) is 1. The average molecular weight is 189 g/mol. The summed E-state index contributed by atoms with van der Waals surface area (Å²) in [6.45, 7) is 4.24. The molecule has 2 atom stereocenters. The van der Waals surface area contributed by atoms with Gasteiger partial charge in [-0.05, 0) is 25.0 Å². The second-order valence-corrected chi connectivity index (χ2v) is 4.02. The number of hydrogen-bond donors (Lipinski definition) is 0. The van der Waals surface area contributed by atoms with Crippen molar-refractivity contribution in [1.82, 2.24) is 0 Å². The summed E-state index contributed by atoms with van der Waals surface area (Å²) in [7, 11) is 0. The van der Waals surface area contributed by atoms with Crippen molar-refractivity contribution in [3.8, 4) is 0 Å². The van der Waals surface area contributed by atoms with E-state index < -0.39 is 0 Å². The van der Waals surface area contributed by atoms with Crippen LogP contribution in [0.25, 0.3) is 0 Å². The van der Waals surface area contributed by atoms with Gasteiger partial charge in [0.05, 0.1) is 0 Å². The van der Waals surface area contributed by atoms with Gasteiger partial charge in [-0.1, -0.05) is 25.1 Å². The maximum Gasteiger partial charge on any atom is 0.227 e. The van der Waals surface area contributed by atoms with Gasteiger partial charge in [-0.2, -0.15) is 0 Å². The number of carbonyl (C=O) groups excluding carboxylic acids is 1. The van der Waals surface area contributed by atoms with E-state index in [1.165, 1.54) is 0 Å². The van der Waals surface area contributed by atoms with Gasteiger partial charge in [0.2, 0.25) is 5.91 Å². The first-order valence-electron chi connectivity index (χ1n) is 5.07. The van der Waals surface area contributed by atoms with Crippen molar-refractivity contribution < 1.29 is 4.79 Å². The number of amides is 1. The molecule has 1 aliphatic rings. The topological polar surface area (TPSA) is 20.3 Å². The fourth-order valence-corrected chi connectivity index (χ4v) is 1.99. The van der Waals surface area contributed by atoms with Crippen molar-refractivity contribution in [2.75, 3.05) is 4.90 Å². The summed E-state index contributed by atoms with van der Waals surface area (Å²) in [5.41, 5.74) is 1.02. The second-order valence-electron chi connectivity index (χ2n) is 4.02. The highest BCUT2D eigenvalue weighted by molar-refractivity contribution is 5.96. The highest BCUT2D eigenvalue weighted by Gasteiger charge is 2.34. The van der Waals surface area contributed by atoms with Crippen LogP contribution < -0.4 is 4.90 Å². The Bertz CT molecular complexity index is 333. The maximum absolute atomic E-state index is 11.7.